The quantitative estimate of drug-likeness (QED) is 0.911. The number of morpholine rings is 1. The number of benzene rings is 1. The van der Waals surface area contributed by atoms with Crippen LogP contribution in [0.25, 0.3) is 0 Å². The third-order valence-corrected chi connectivity index (χ3v) is 3.06. The number of halogens is 2. The maximum atomic E-state index is 13.5. The molecule has 6 heteroatoms. The molecule has 1 aromatic rings. The summed E-state index contributed by atoms with van der Waals surface area (Å²) in [7, 11) is 0. The van der Waals surface area contributed by atoms with Crippen LogP contribution in [0.3, 0.4) is 0 Å². The average molecular weight is 273 g/mol. The molecule has 18 heavy (non-hydrogen) atoms. The van der Waals surface area contributed by atoms with Gasteiger partial charge in [0.05, 0.1) is 30.5 Å². The minimum absolute atomic E-state index is 0.0284. The molecule has 1 aromatic carbocycles. The van der Waals surface area contributed by atoms with Gasteiger partial charge in [0, 0.05) is 13.1 Å². The molecule has 0 radical (unpaired) electrons. The second-order valence-corrected chi connectivity index (χ2v) is 4.35. The first-order valence-electron chi connectivity index (χ1n) is 5.72. The Morgan fingerprint density at radius 1 is 1.44 bits per heavy atom. The number of rotatable bonds is 3. The third-order valence-electron chi connectivity index (χ3n) is 2.74. The molecule has 0 spiro atoms. The van der Waals surface area contributed by atoms with E-state index in [0.717, 1.165) is 0 Å². The molecule has 1 saturated heterocycles. The number of amides is 1. The molecule has 2 rings (SSSR count). The Hall–Kier alpha value is -1.33. The topological polar surface area (TPSA) is 41.6 Å². The number of para-hydroxylation sites is 1. The maximum Gasteiger partial charge on any atom is 0.242 e. The molecular formula is C12H14ClFN2O2. The van der Waals surface area contributed by atoms with Crippen molar-refractivity contribution in [3.8, 4) is 0 Å². The van der Waals surface area contributed by atoms with Crippen LogP contribution in [-0.2, 0) is 9.53 Å². The number of hydrogen-bond acceptors (Lipinski definition) is 3. The van der Waals surface area contributed by atoms with Gasteiger partial charge in [0.25, 0.3) is 0 Å². The summed E-state index contributed by atoms with van der Waals surface area (Å²) in [4.78, 5) is 13.5. The Kier molecular flexibility index (Phi) is 4.38. The molecular weight excluding hydrogens is 259 g/mol. The lowest BCUT2D eigenvalue weighted by Crippen LogP contribution is -2.43. The van der Waals surface area contributed by atoms with E-state index in [0.29, 0.717) is 26.3 Å². The number of carbonyl (C=O) groups is 1. The van der Waals surface area contributed by atoms with E-state index in [4.69, 9.17) is 16.3 Å². The van der Waals surface area contributed by atoms with Crippen molar-refractivity contribution in [1.29, 1.82) is 0 Å². The Labute approximate surface area is 110 Å². The third kappa shape index (κ3) is 3.11. The second kappa shape index (κ2) is 6.02. The van der Waals surface area contributed by atoms with E-state index in [1.807, 2.05) is 0 Å². The lowest BCUT2D eigenvalue weighted by atomic mass is 10.3. The summed E-state index contributed by atoms with van der Waals surface area (Å²) in [6.07, 6.45) is 0. The van der Waals surface area contributed by atoms with Crippen molar-refractivity contribution in [1.82, 2.24) is 4.90 Å². The van der Waals surface area contributed by atoms with Crippen LogP contribution in [0.2, 0.25) is 5.02 Å². The molecule has 0 saturated carbocycles. The predicted octanol–water partition coefficient (Wildman–Crippen LogP) is 1.75. The van der Waals surface area contributed by atoms with Gasteiger partial charge in [-0.2, -0.15) is 0 Å². The van der Waals surface area contributed by atoms with Crippen LogP contribution >= 0.6 is 11.6 Å². The Morgan fingerprint density at radius 3 is 2.83 bits per heavy atom. The zero-order valence-electron chi connectivity index (χ0n) is 9.79. The number of carbonyl (C=O) groups excluding carboxylic acids is 1. The standard InChI is InChI=1S/C12H14ClFN2O2/c13-9-2-1-3-10(14)12(9)15-8-11(17)16-4-6-18-7-5-16/h1-3,15H,4-8H2. The highest BCUT2D eigenvalue weighted by Gasteiger charge is 2.17. The average Bonchev–Trinajstić information content (AvgIpc) is 2.39. The van der Waals surface area contributed by atoms with Crippen LogP contribution in [0.15, 0.2) is 18.2 Å². The van der Waals surface area contributed by atoms with Crippen LogP contribution in [0.5, 0.6) is 0 Å². The van der Waals surface area contributed by atoms with Gasteiger partial charge in [-0.15, -0.1) is 0 Å². The molecule has 0 atom stereocenters. The zero-order valence-corrected chi connectivity index (χ0v) is 10.5. The second-order valence-electron chi connectivity index (χ2n) is 3.94. The minimum Gasteiger partial charge on any atom is -0.378 e. The van der Waals surface area contributed by atoms with Crippen molar-refractivity contribution < 1.29 is 13.9 Å². The molecule has 1 amide bonds. The summed E-state index contributed by atoms with van der Waals surface area (Å²) in [6.45, 7) is 2.27. The van der Waals surface area contributed by atoms with Gasteiger partial charge in [0.2, 0.25) is 5.91 Å². The van der Waals surface area contributed by atoms with Crippen LogP contribution < -0.4 is 5.32 Å². The summed E-state index contributed by atoms with van der Waals surface area (Å²) in [6, 6.07) is 4.40. The van der Waals surface area contributed by atoms with Gasteiger partial charge >= 0.3 is 0 Å². The van der Waals surface area contributed by atoms with Gasteiger partial charge in [-0.3, -0.25) is 4.79 Å². The minimum atomic E-state index is -0.461. The SMILES string of the molecule is O=C(CNc1c(F)cccc1Cl)N1CCOCC1. The fraction of sp³-hybridized carbons (Fsp3) is 0.417. The first kappa shape index (κ1) is 13.1. The molecule has 4 nitrogen and oxygen atoms in total. The molecule has 1 heterocycles. The number of hydrogen-bond donors (Lipinski definition) is 1. The Bertz CT molecular complexity index is 416. The molecule has 0 bridgehead atoms. The van der Waals surface area contributed by atoms with E-state index in [9.17, 15) is 9.18 Å². The lowest BCUT2D eigenvalue weighted by Gasteiger charge is -2.27. The number of anilines is 1. The fourth-order valence-corrected chi connectivity index (χ4v) is 1.99. The van der Waals surface area contributed by atoms with E-state index in [2.05, 4.69) is 5.32 Å². The summed E-state index contributed by atoms with van der Waals surface area (Å²) in [5, 5.41) is 3.01. The predicted molar refractivity (Wildman–Crippen MR) is 67.3 cm³/mol. The number of nitrogens with zero attached hydrogens (tertiary/aromatic N) is 1. The van der Waals surface area contributed by atoms with E-state index in [1.54, 1.807) is 11.0 Å². The monoisotopic (exact) mass is 272 g/mol. The van der Waals surface area contributed by atoms with E-state index < -0.39 is 5.82 Å². The lowest BCUT2D eigenvalue weighted by molar-refractivity contribution is -0.133. The van der Waals surface area contributed by atoms with Gasteiger partial charge in [-0.25, -0.2) is 4.39 Å². The zero-order chi connectivity index (χ0) is 13.0. The maximum absolute atomic E-state index is 13.5. The molecule has 0 unspecified atom stereocenters. The molecule has 1 fully saturated rings. The van der Waals surface area contributed by atoms with Crippen molar-refractivity contribution in [2.45, 2.75) is 0 Å². The van der Waals surface area contributed by atoms with Crippen LogP contribution in [0.1, 0.15) is 0 Å². The summed E-state index contributed by atoms with van der Waals surface area (Å²) in [5.41, 5.74) is 0.167. The number of ether oxygens (including phenoxy) is 1. The molecule has 0 aliphatic carbocycles. The van der Waals surface area contributed by atoms with Crippen LogP contribution in [0, 0.1) is 5.82 Å². The van der Waals surface area contributed by atoms with Crippen LogP contribution in [-0.4, -0.2) is 43.7 Å². The molecule has 0 aromatic heterocycles. The largest absolute Gasteiger partial charge is 0.378 e. The van der Waals surface area contributed by atoms with E-state index >= 15 is 0 Å². The fourth-order valence-electron chi connectivity index (χ4n) is 1.76. The summed E-state index contributed by atoms with van der Waals surface area (Å²) in [5.74, 6) is -0.546. The van der Waals surface area contributed by atoms with Gasteiger partial charge in [0.1, 0.15) is 5.82 Å². The molecule has 1 aliphatic rings. The van der Waals surface area contributed by atoms with Gasteiger partial charge in [0.15, 0.2) is 0 Å². The highest BCUT2D eigenvalue weighted by atomic mass is 35.5. The van der Waals surface area contributed by atoms with E-state index in [1.165, 1.54) is 12.1 Å². The van der Waals surface area contributed by atoms with Crippen molar-refractivity contribution in [3.63, 3.8) is 0 Å². The van der Waals surface area contributed by atoms with Crippen molar-refractivity contribution >= 4 is 23.2 Å². The van der Waals surface area contributed by atoms with E-state index in [-0.39, 0.29) is 23.2 Å². The highest BCUT2D eigenvalue weighted by molar-refractivity contribution is 6.33. The van der Waals surface area contributed by atoms with Gasteiger partial charge in [-0.05, 0) is 12.1 Å². The Morgan fingerprint density at radius 2 is 2.17 bits per heavy atom. The first-order valence-corrected chi connectivity index (χ1v) is 6.09. The Balaban J connectivity index is 1.92. The highest BCUT2D eigenvalue weighted by Crippen LogP contribution is 2.24. The molecule has 1 N–H and O–H groups in total. The molecule has 1 aliphatic heterocycles. The summed E-state index contributed by atoms with van der Waals surface area (Å²) >= 11 is 5.85. The van der Waals surface area contributed by atoms with Crippen molar-refractivity contribution in [2.24, 2.45) is 0 Å². The van der Waals surface area contributed by atoms with Crippen molar-refractivity contribution in [2.75, 3.05) is 38.2 Å². The normalized spacial score (nSPS) is 15.6. The van der Waals surface area contributed by atoms with Crippen molar-refractivity contribution in [3.05, 3.63) is 29.0 Å². The van der Waals surface area contributed by atoms with Gasteiger partial charge < -0.3 is 15.0 Å². The smallest absolute Gasteiger partial charge is 0.242 e. The van der Waals surface area contributed by atoms with Crippen LogP contribution in [0.4, 0.5) is 10.1 Å². The number of nitrogens with one attached hydrogen (secondary N) is 1. The van der Waals surface area contributed by atoms with Gasteiger partial charge in [-0.1, -0.05) is 17.7 Å². The molecule has 98 valence electrons. The first-order chi connectivity index (χ1) is 8.68. The summed E-state index contributed by atoms with van der Waals surface area (Å²) < 4.78 is 18.6.